The van der Waals surface area contributed by atoms with E-state index in [1.807, 2.05) is 56.3 Å². The second-order valence-corrected chi connectivity index (χ2v) is 8.64. The molecule has 28 heavy (non-hydrogen) atoms. The van der Waals surface area contributed by atoms with Gasteiger partial charge in [-0.1, -0.05) is 63.6 Å². The van der Waals surface area contributed by atoms with Gasteiger partial charge in [0.05, 0.1) is 22.4 Å². The molecule has 1 atom stereocenters. The summed E-state index contributed by atoms with van der Waals surface area (Å²) in [7, 11) is 0. The average molecular weight is 455 g/mol. The number of hydrogen-bond donors (Lipinski definition) is 1. The molecule has 0 bridgehead atoms. The Bertz CT molecular complexity index is 1010. The highest BCUT2D eigenvalue weighted by Crippen LogP contribution is 2.36. The van der Waals surface area contributed by atoms with Crippen LogP contribution in [0.15, 0.2) is 57.5 Å². The minimum Gasteiger partial charge on any atom is -0.320 e. The molecule has 2 aromatic rings. The summed E-state index contributed by atoms with van der Waals surface area (Å²) in [5.74, 6) is -0.302. The number of nitriles is 1. The molecular weight excluding hydrogens is 436 g/mol. The van der Waals surface area contributed by atoms with E-state index in [-0.39, 0.29) is 29.8 Å². The Labute approximate surface area is 177 Å². The molecule has 4 nitrogen and oxygen atoms in total. The first kappa shape index (κ1) is 20.4. The molecule has 0 saturated heterocycles. The molecule has 0 aliphatic carbocycles. The molecule has 0 spiro atoms. The van der Waals surface area contributed by atoms with Gasteiger partial charge in [-0.3, -0.25) is 9.59 Å². The number of hydrogen-bond acceptors (Lipinski definition) is 4. The highest BCUT2D eigenvalue weighted by atomic mass is 79.9. The van der Waals surface area contributed by atoms with Crippen LogP contribution in [0.4, 0.5) is 0 Å². The van der Waals surface area contributed by atoms with Crippen LogP contribution in [0.25, 0.3) is 0 Å². The highest BCUT2D eigenvalue weighted by Gasteiger charge is 2.30. The summed E-state index contributed by atoms with van der Waals surface area (Å²) < 4.78 is 0.938. The van der Waals surface area contributed by atoms with E-state index >= 15 is 0 Å². The summed E-state index contributed by atoms with van der Waals surface area (Å²) in [4.78, 5) is 24.9. The number of amides is 1. The number of aryl methyl sites for hydroxylation is 2. The first-order valence-electron chi connectivity index (χ1n) is 8.82. The van der Waals surface area contributed by atoms with Gasteiger partial charge in [0.15, 0.2) is 5.78 Å². The molecule has 142 valence electrons. The Hall–Kier alpha value is -2.36. The van der Waals surface area contributed by atoms with E-state index in [2.05, 4.69) is 27.3 Å². The zero-order valence-electron chi connectivity index (χ0n) is 15.6. The van der Waals surface area contributed by atoms with Gasteiger partial charge in [0.25, 0.3) is 0 Å². The van der Waals surface area contributed by atoms with Crippen molar-refractivity contribution in [2.75, 3.05) is 5.75 Å². The third-order valence-corrected chi connectivity index (χ3v) is 6.20. The summed E-state index contributed by atoms with van der Waals surface area (Å²) in [6.45, 7) is 3.90. The largest absolute Gasteiger partial charge is 0.320 e. The minimum atomic E-state index is -0.300. The van der Waals surface area contributed by atoms with Crippen molar-refractivity contribution in [3.05, 3.63) is 79.8 Å². The fourth-order valence-electron chi connectivity index (χ4n) is 3.25. The molecule has 0 radical (unpaired) electrons. The van der Waals surface area contributed by atoms with Crippen LogP contribution in [-0.2, 0) is 4.79 Å². The van der Waals surface area contributed by atoms with Crippen molar-refractivity contribution in [2.45, 2.75) is 26.2 Å². The first-order valence-corrected chi connectivity index (χ1v) is 10.6. The maximum absolute atomic E-state index is 12.6. The maximum Gasteiger partial charge on any atom is 0.225 e. The Morgan fingerprint density at radius 1 is 1.25 bits per heavy atom. The lowest BCUT2D eigenvalue weighted by molar-refractivity contribution is -0.120. The molecule has 0 saturated carbocycles. The van der Waals surface area contributed by atoms with Crippen LogP contribution >= 0.6 is 27.7 Å². The Morgan fingerprint density at radius 3 is 2.61 bits per heavy atom. The number of Topliss-reactive ketones (excluding diaryl/α,β-unsaturated/α-hetero) is 1. The third-order valence-electron chi connectivity index (χ3n) is 4.66. The van der Waals surface area contributed by atoms with Crippen LogP contribution in [0.3, 0.4) is 0 Å². The second-order valence-electron chi connectivity index (χ2n) is 6.74. The fraction of sp³-hybridized carbons (Fsp3) is 0.227. The van der Waals surface area contributed by atoms with Crippen molar-refractivity contribution in [2.24, 2.45) is 0 Å². The maximum atomic E-state index is 12.6. The minimum absolute atomic E-state index is 0.0210. The Balaban J connectivity index is 1.84. The van der Waals surface area contributed by atoms with E-state index in [9.17, 15) is 14.9 Å². The number of ketones is 1. The van der Waals surface area contributed by atoms with Gasteiger partial charge in [0.2, 0.25) is 5.91 Å². The van der Waals surface area contributed by atoms with Crippen molar-refractivity contribution < 1.29 is 9.59 Å². The van der Waals surface area contributed by atoms with Gasteiger partial charge in [-0.25, -0.2) is 0 Å². The lowest BCUT2D eigenvalue weighted by atomic mass is 9.87. The Kier molecular flexibility index (Phi) is 6.38. The van der Waals surface area contributed by atoms with E-state index < -0.39 is 0 Å². The molecule has 1 heterocycles. The fourth-order valence-corrected chi connectivity index (χ4v) is 4.48. The summed E-state index contributed by atoms with van der Waals surface area (Å²) in [6.07, 6.45) is 0.222. The molecule has 2 aromatic carbocycles. The zero-order valence-corrected chi connectivity index (χ0v) is 18.0. The van der Waals surface area contributed by atoms with Gasteiger partial charge in [0.1, 0.15) is 0 Å². The van der Waals surface area contributed by atoms with Gasteiger partial charge in [0, 0.05) is 22.4 Å². The molecule has 0 fully saturated rings. The first-order chi connectivity index (χ1) is 13.4. The van der Waals surface area contributed by atoms with Gasteiger partial charge >= 0.3 is 0 Å². The van der Waals surface area contributed by atoms with Gasteiger partial charge in [-0.15, -0.1) is 0 Å². The number of benzene rings is 2. The summed E-state index contributed by atoms with van der Waals surface area (Å²) >= 11 is 4.62. The predicted octanol–water partition coefficient (Wildman–Crippen LogP) is 5.02. The Morgan fingerprint density at radius 2 is 1.96 bits per heavy atom. The normalized spacial score (nSPS) is 16.5. The van der Waals surface area contributed by atoms with E-state index in [1.54, 1.807) is 0 Å². The number of carbonyl (C=O) groups excluding carboxylic acids is 2. The van der Waals surface area contributed by atoms with E-state index in [0.717, 1.165) is 21.2 Å². The van der Waals surface area contributed by atoms with Crippen LogP contribution < -0.4 is 5.32 Å². The molecular formula is C22H19BrN2O2S. The average Bonchev–Trinajstić information content (AvgIpc) is 2.66. The lowest BCUT2D eigenvalue weighted by Crippen LogP contribution is -2.31. The van der Waals surface area contributed by atoms with Crippen LogP contribution in [0, 0.1) is 25.2 Å². The molecule has 1 unspecified atom stereocenters. The van der Waals surface area contributed by atoms with Crippen LogP contribution in [0.2, 0.25) is 0 Å². The topological polar surface area (TPSA) is 70.0 Å². The van der Waals surface area contributed by atoms with Crippen molar-refractivity contribution in [3.8, 4) is 6.07 Å². The van der Waals surface area contributed by atoms with Crippen molar-refractivity contribution in [3.63, 3.8) is 0 Å². The molecule has 1 aliphatic heterocycles. The third kappa shape index (κ3) is 4.54. The molecule has 1 amide bonds. The number of thioether (sulfide) groups is 1. The van der Waals surface area contributed by atoms with Crippen LogP contribution in [0.1, 0.15) is 39.4 Å². The SMILES string of the molecule is Cc1ccc(C(=O)CSC2=C(C#N)C(c3ccc(Br)cc3)CC(=O)N2)c(C)c1. The van der Waals surface area contributed by atoms with Crippen LogP contribution in [-0.4, -0.2) is 17.4 Å². The number of carbonyl (C=O) groups is 2. The number of rotatable bonds is 5. The summed E-state index contributed by atoms with van der Waals surface area (Å²) in [5, 5.41) is 13.0. The van der Waals surface area contributed by atoms with E-state index in [1.165, 1.54) is 11.8 Å². The molecule has 1 aliphatic rings. The quantitative estimate of drug-likeness (QED) is 0.643. The number of halogens is 1. The smallest absolute Gasteiger partial charge is 0.225 e. The van der Waals surface area contributed by atoms with Crippen LogP contribution in [0.5, 0.6) is 0 Å². The molecule has 1 N–H and O–H groups in total. The van der Waals surface area contributed by atoms with E-state index in [0.29, 0.717) is 16.2 Å². The number of nitrogens with one attached hydrogen (secondary N) is 1. The van der Waals surface area contributed by atoms with Gasteiger partial charge in [-0.05, 0) is 37.1 Å². The molecule has 3 rings (SSSR count). The highest BCUT2D eigenvalue weighted by molar-refractivity contribution is 9.10. The summed E-state index contributed by atoms with van der Waals surface area (Å²) in [5.41, 5.74) is 4.12. The van der Waals surface area contributed by atoms with E-state index in [4.69, 9.17) is 0 Å². The standard InChI is InChI=1S/C22H19BrN2O2S/c1-13-3-8-17(14(2)9-13)20(26)12-28-22-19(11-24)18(10-21(27)25-22)15-4-6-16(23)7-5-15/h3-9,18H,10,12H2,1-2H3,(H,25,27). The molecule has 6 heteroatoms. The number of nitrogens with zero attached hydrogens (tertiary/aromatic N) is 1. The summed E-state index contributed by atoms with van der Waals surface area (Å²) in [6, 6.07) is 15.6. The lowest BCUT2D eigenvalue weighted by Gasteiger charge is -2.25. The zero-order chi connectivity index (χ0) is 20.3. The number of allylic oxidation sites excluding steroid dienone is 1. The predicted molar refractivity (Wildman–Crippen MR) is 115 cm³/mol. The monoisotopic (exact) mass is 454 g/mol. The van der Waals surface area contributed by atoms with Gasteiger partial charge in [-0.2, -0.15) is 5.26 Å². The van der Waals surface area contributed by atoms with Gasteiger partial charge < -0.3 is 5.32 Å². The molecule has 0 aromatic heterocycles. The van der Waals surface area contributed by atoms with Crippen molar-refractivity contribution >= 4 is 39.4 Å². The van der Waals surface area contributed by atoms with Crippen molar-refractivity contribution in [1.82, 2.24) is 5.32 Å². The van der Waals surface area contributed by atoms with Crippen molar-refractivity contribution in [1.29, 1.82) is 5.26 Å². The second kappa shape index (κ2) is 8.76.